The van der Waals surface area contributed by atoms with Crippen LogP contribution in [0, 0.1) is 5.92 Å². The lowest BCUT2D eigenvalue weighted by molar-refractivity contribution is -0.143. The van der Waals surface area contributed by atoms with E-state index in [1.165, 1.54) is 4.90 Å². The Kier molecular flexibility index (Phi) is 14.7. The predicted molar refractivity (Wildman–Crippen MR) is 187 cm³/mol. The molecular weight excluding hydrogens is 626 g/mol. The highest BCUT2D eigenvalue weighted by Crippen LogP contribution is 2.21. The standard InChI is InChI=1S/C36H53N7O6/c1-23(2)20-28(31(44)40-27(16-10-11-18-37)34(47)43-19-17-36(39,22-43)35(48)49)41-32(45)29(21-25-12-6-4-7-13-25)42-33(46)30(38)24(3)26-14-8-5-9-15-26/h4-9,12-15,23-24,27-30H,10-11,16-22,37-39H2,1-3H3,(H,40,44)(H,41,45)(H,42,46)(H,48,49)/t24-,27-,28-,29-,30-,36?/m1/s1. The van der Waals surface area contributed by atoms with Gasteiger partial charge in [-0.25, -0.2) is 0 Å². The van der Waals surface area contributed by atoms with E-state index in [0.29, 0.717) is 19.4 Å². The van der Waals surface area contributed by atoms with Gasteiger partial charge in [0, 0.05) is 25.4 Å². The minimum Gasteiger partial charge on any atom is -0.480 e. The van der Waals surface area contributed by atoms with Gasteiger partial charge in [0.15, 0.2) is 0 Å². The Bertz CT molecular complexity index is 1410. The third-order valence-corrected chi connectivity index (χ3v) is 9.02. The number of hydrogen-bond acceptors (Lipinski definition) is 8. The Morgan fingerprint density at radius 3 is 1.98 bits per heavy atom. The van der Waals surface area contributed by atoms with Gasteiger partial charge in [-0.05, 0) is 55.7 Å². The van der Waals surface area contributed by atoms with Crippen LogP contribution in [0.25, 0.3) is 0 Å². The number of carbonyl (C=O) groups is 5. The molecule has 0 spiro atoms. The molecular formula is C36H53N7O6. The van der Waals surface area contributed by atoms with Crippen molar-refractivity contribution in [3.63, 3.8) is 0 Å². The fourth-order valence-corrected chi connectivity index (χ4v) is 5.93. The molecule has 0 aliphatic carbocycles. The van der Waals surface area contributed by atoms with Crippen molar-refractivity contribution in [2.24, 2.45) is 23.1 Å². The molecule has 10 N–H and O–H groups in total. The summed E-state index contributed by atoms with van der Waals surface area (Å²) in [7, 11) is 0. The summed E-state index contributed by atoms with van der Waals surface area (Å²) in [6.07, 6.45) is 1.93. The summed E-state index contributed by atoms with van der Waals surface area (Å²) in [6, 6.07) is 14.6. The zero-order valence-corrected chi connectivity index (χ0v) is 28.8. The van der Waals surface area contributed by atoms with E-state index < -0.39 is 59.3 Å². The topological polar surface area (TPSA) is 223 Å². The minimum atomic E-state index is -1.56. The summed E-state index contributed by atoms with van der Waals surface area (Å²) in [5.41, 5.74) is 18.2. The average Bonchev–Trinajstić information content (AvgIpc) is 3.50. The maximum Gasteiger partial charge on any atom is 0.325 e. The van der Waals surface area contributed by atoms with Gasteiger partial charge in [-0.1, -0.05) is 81.4 Å². The molecule has 268 valence electrons. The number of carbonyl (C=O) groups excluding carboxylic acids is 4. The number of aliphatic carboxylic acids is 1. The molecule has 1 aliphatic heterocycles. The molecule has 1 fully saturated rings. The number of hydrogen-bond donors (Lipinski definition) is 7. The van der Waals surface area contributed by atoms with Gasteiger partial charge in [0.05, 0.1) is 6.04 Å². The molecule has 1 unspecified atom stereocenters. The van der Waals surface area contributed by atoms with Crippen molar-refractivity contribution >= 4 is 29.6 Å². The highest BCUT2D eigenvalue weighted by Gasteiger charge is 2.44. The first-order chi connectivity index (χ1) is 23.2. The number of likely N-dealkylation sites (tertiary alicyclic amines) is 1. The first kappa shape index (κ1) is 39.1. The van der Waals surface area contributed by atoms with Gasteiger partial charge in [0.25, 0.3) is 0 Å². The Morgan fingerprint density at radius 1 is 0.837 bits per heavy atom. The highest BCUT2D eigenvalue weighted by atomic mass is 16.4. The van der Waals surface area contributed by atoms with E-state index in [1.807, 2.05) is 81.4 Å². The highest BCUT2D eigenvalue weighted by molar-refractivity contribution is 5.95. The molecule has 3 rings (SSSR count). The largest absolute Gasteiger partial charge is 0.480 e. The number of benzene rings is 2. The number of carboxylic acid groups (broad SMARTS) is 1. The number of nitrogens with zero attached hydrogens (tertiary/aromatic N) is 1. The van der Waals surface area contributed by atoms with Crippen LogP contribution in [-0.2, 0) is 30.4 Å². The van der Waals surface area contributed by atoms with Crippen LogP contribution in [0.4, 0.5) is 0 Å². The van der Waals surface area contributed by atoms with Gasteiger partial charge >= 0.3 is 5.97 Å². The minimum absolute atomic E-state index is 0.0169. The first-order valence-electron chi connectivity index (χ1n) is 17.0. The molecule has 0 radical (unpaired) electrons. The molecule has 0 bridgehead atoms. The van der Waals surface area contributed by atoms with E-state index in [0.717, 1.165) is 11.1 Å². The second-order valence-corrected chi connectivity index (χ2v) is 13.5. The van der Waals surface area contributed by atoms with Crippen LogP contribution in [0.5, 0.6) is 0 Å². The van der Waals surface area contributed by atoms with Crippen molar-refractivity contribution in [3.05, 3.63) is 71.8 Å². The summed E-state index contributed by atoms with van der Waals surface area (Å²) in [6.45, 7) is 6.02. The van der Waals surface area contributed by atoms with E-state index in [2.05, 4.69) is 16.0 Å². The molecule has 13 heteroatoms. The van der Waals surface area contributed by atoms with Crippen LogP contribution < -0.4 is 33.2 Å². The molecule has 13 nitrogen and oxygen atoms in total. The smallest absolute Gasteiger partial charge is 0.325 e. The molecule has 1 saturated heterocycles. The van der Waals surface area contributed by atoms with Crippen LogP contribution >= 0.6 is 0 Å². The fourth-order valence-electron chi connectivity index (χ4n) is 5.93. The van der Waals surface area contributed by atoms with E-state index in [4.69, 9.17) is 17.2 Å². The molecule has 0 saturated carbocycles. The van der Waals surface area contributed by atoms with Crippen molar-refractivity contribution in [1.29, 1.82) is 0 Å². The van der Waals surface area contributed by atoms with Crippen LogP contribution in [0.1, 0.15) is 69.9 Å². The molecule has 1 heterocycles. The second kappa shape index (κ2) is 18.4. The number of nitrogens with one attached hydrogen (secondary N) is 3. The Labute approximate surface area is 288 Å². The van der Waals surface area contributed by atoms with Gasteiger partial charge < -0.3 is 43.2 Å². The maximum atomic E-state index is 13.9. The van der Waals surface area contributed by atoms with Crippen LogP contribution in [-0.4, -0.2) is 88.9 Å². The van der Waals surface area contributed by atoms with Crippen molar-refractivity contribution in [1.82, 2.24) is 20.9 Å². The van der Waals surface area contributed by atoms with Crippen molar-refractivity contribution in [2.45, 2.75) is 94.9 Å². The normalized spacial score (nSPS) is 19.0. The summed E-state index contributed by atoms with van der Waals surface area (Å²) < 4.78 is 0. The van der Waals surface area contributed by atoms with E-state index in [9.17, 15) is 29.1 Å². The SMILES string of the molecule is CC(C)C[C@@H](NC(=O)[C@@H](Cc1ccccc1)NC(=O)[C@H](N)[C@H](C)c1ccccc1)C(=O)N[C@H](CCCCN)C(=O)N1CCC(N)(C(=O)O)C1. The van der Waals surface area contributed by atoms with Gasteiger partial charge in [0.1, 0.15) is 23.7 Å². The number of nitrogens with two attached hydrogens (primary N) is 3. The van der Waals surface area contributed by atoms with E-state index in [1.54, 1.807) is 0 Å². The predicted octanol–water partition coefficient (Wildman–Crippen LogP) is 1.00. The van der Waals surface area contributed by atoms with Crippen molar-refractivity contribution in [2.75, 3.05) is 19.6 Å². The molecule has 49 heavy (non-hydrogen) atoms. The number of amides is 4. The van der Waals surface area contributed by atoms with Crippen molar-refractivity contribution in [3.8, 4) is 0 Å². The molecule has 1 aliphatic rings. The Hall–Kier alpha value is -4.33. The molecule has 4 amide bonds. The molecule has 6 atom stereocenters. The van der Waals surface area contributed by atoms with E-state index >= 15 is 0 Å². The van der Waals surface area contributed by atoms with Crippen LogP contribution in [0.3, 0.4) is 0 Å². The van der Waals surface area contributed by atoms with E-state index in [-0.39, 0.29) is 50.6 Å². The maximum absolute atomic E-state index is 13.9. The lowest BCUT2D eigenvalue weighted by Gasteiger charge is -2.29. The third-order valence-electron chi connectivity index (χ3n) is 9.02. The summed E-state index contributed by atoms with van der Waals surface area (Å²) in [4.78, 5) is 67.8. The Balaban J connectivity index is 1.80. The summed E-state index contributed by atoms with van der Waals surface area (Å²) in [5, 5.41) is 18.0. The second-order valence-electron chi connectivity index (χ2n) is 13.5. The number of unbranched alkanes of at least 4 members (excludes halogenated alkanes) is 1. The Morgan fingerprint density at radius 2 is 1.41 bits per heavy atom. The van der Waals surface area contributed by atoms with Gasteiger partial charge in [0.2, 0.25) is 23.6 Å². The van der Waals surface area contributed by atoms with Gasteiger partial charge in [-0.3, -0.25) is 24.0 Å². The lowest BCUT2D eigenvalue weighted by atomic mass is 9.93. The number of carboxylic acids is 1. The fraction of sp³-hybridized carbons (Fsp3) is 0.528. The summed E-state index contributed by atoms with van der Waals surface area (Å²) >= 11 is 0. The lowest BCUT2D eigenvalue weighted by Crippen LogP contribution is -2.59. The number of rotatable bonds is 18. The van der Waals surface area contributed by atoms with Crippen LogP contribution in [0.2, 0.25) is 0 Å². The third kappa shape index (κ3) is 11.4. The zero-order valence-electron chi connectivity index (χ0n) is 28.8. The zero-order chi connectivity index (χ0) is 36.1. The average molecular weight is 680 g/mol. The van der Waals surface area contributed by atoms with Crippen LogP contribution in [0.15, 0.2) is 60.7 Å². The molecule has 0 aromatic heterocycles. The molecule has 2 aromatic carbocycles. The van der Waals surface area contributed by atoms with Crippen molar-refractivity contribution < 1.29 is 29.1 Å². The molecule has 2 aromatic rings. The van der Waals surface area contributed by atoms with Gasteiger partial charge in [-0.15, -0.1) is 0 Å². The summed E-state index contributed by atoms with van der Waals surface area (Å²) in [5.74, 6) is -3.63. The monoisotopic (exact) mass is 679 g/mol. The quantitative estimate of drug-likeness (QED) is 0.112. The van der Waals surface area contributed by atoms with Gasteiger partial charge in [-0.2, -0.15) is 0 Å². The first-order valence-corrected chi connectivity index (χ1v) is 17.0.